The maximum absolute atomic E-state index is 13.3. The highest BCUT2D eigenvalue weighted by Crippen LogP contribution is 2.50. The molecule has 1 atom stereocenters. The molecule has 0 aliphatic heterocycles. The summed E-state index contributed by atoms with van der Waals surface area (Å²) in [4.78, 5) is 36.0. The van der Waals surface area contributed by atoms with Crippen LogP contribution in [0.2, 0.25) is 0 Å². The molecule has 0 aliphatic carbocycles. The van der Waals surface area contributed by atoms with Crippen LogP contribution < -0.4 is 5.73 Å². The van der Waals surface area contributed by atoms with E-state index in [1.54, 1.807) is 13.8 Å². The number of aliphatic carboxylic acids is 1. The van der Waals surface area contributed by atoms with Crippen LogP contribution in [0.1, 0.15) is 79.1 Å². The molecule has 0 aromatic heterocycles. The van der Waals surface area contributed by atoms with Gasteiger partial charge in [0.2, 0.25) is 5.96 Å². The summed E-state index contributed by atoms with van der Waals surface area (Å²) >= 11 is 0. The molecule has 0 aromatic carbocycles. The molecule has 3 N–H and O–H groups in total. The molecular weight excluding hydrogens is 549 g/mol. The van der Waals surface area contributed by atoms with Gasteiger partial charge in [-0.25, -0.2) is 18.9 Å². The van der Waals surface area contributed by atoms with Crippen molar-refractivity contribution >= 4 is 32.0 Å². The van der Waals surface area contributed by atoms with Crippen LogP contribution in [0.4, 0.5) is 9.59 Å². The minimum atomic E-state index is -4.22. The van der Waals surface area contributed by atoms with Crippen LogP contribution in [0.15, 0.2) is 4.76 Å². The first kappa shape index (κ1) is 37.4. The summed E-state index contributed by atoms with van der Waals surface area (Å²) < 4.78 is 47.8. The maximum atomic E-state index is 13.3. The minimum Gasteiger partial charge on any atom is -0.480 e. The van der Waals surface area contributed by atoms with Crippen molar-refractivity contribution in [2.24, 2.45) is 16.4 Å². The third kappa shape index (κ3) is 17.9. The number of hydrogen-bond donors (Lipinski definition) is 2. The summed E-state index contributed by atoms with van der Waals surface area (Å²) in [7, 11) is -2.82. The number of carboxylic acids is 1. The molecular formula is C25H48N3O11P. The summed E-state index contributed by atoms with van der Waals surface area (Å²) in [5.74, 6) is -1.83. The second-order valence-corrected chi connectivity index (χ2v) is 10.9. The van der Waals surface area contributed by atoms with Crippen molar-refractivity contribution in [3.05, 3.63) is 0 Å². The van der Waals surface area contributed by atoms with Gasteiger partial charge in [0.25, 0.3) is 0 Å². The first-order chi connectivity index (χ1) is 19.0. The average Bonchev–Trinajstić information content (AvgIpc) is 2.88. The molecule has 234 valence electrons. The zero-order valence-corrected chi connectivity index (χ0v) is 25.4. The Labute approximate surface area is 237 Å². The quantitative estimate of drug-likeness (QED) is 0.0562. The van der Waals surface area contributed by atoms with Gasteiger partial charge in [-0.3, -0.25) is 9.05 Å². The number of nitrogens with two attached hydrogens (primary N) is 1. The maximum Gasteiger partial charge on any atom is 0.508 e. The molecule has 0 saturated carbocycles. The lowest BCUT2D eigenvalue weighted by Crippen LogP contribution is -2.48. The number of unbranched alkanes of at least 4 members (excludes halogenated alkanes) is 4. The van der Waals surface area contributed by atoms with E-state index in [0.717, 1.165) is 38.5 Å². The van der Waals surface area contributed by atoms with Gasteiger partial charge < -0.3 is 34.7 Å². The van der Waals surface area contributed by atoms with Crippen molar-refractivity contribution in [3.8, 4) is 0 Å². The van der Waals surface area contributed by atoms with Crippen molar-refractivity contribution < 1.29 is 52.1 Å². The van der Waals surface area contributed by atoms with Crippen molar-refractivity contribution in [1.29, 1.82) is 0 Å². The third-order valence-corrected chi connectivity index (χ3v) is 6.82. The lowest BCUT2D eigenvalue weighted by molar-refractivity contribution is -0.142. The van der Waals surface area contributed by atoms with Crippen molar-refractivity contribution in [2.45, 2.75) is 85.1 Å². The van der Waals surface area contributed by atoms with Gasteiger partial charge in [0.15, 0.2) is 0 Å². The van der Waals surface area contributed by atoms with Gasteiger partial charge in [-0.2, -0.15) is 0 Å². The highest BCUT2D eigenvalue weighted by atomic mass is 31.2. The molecule has 0 aromatic rings. The van der Waals surface area contributed by atoms with Crippen molar-refractivity contribution in [1.82, 2.24) is 4.90 Å². The van der Waals surface area contributed by atoms with E-state index in [1.807, 2.05) is 13.8 Å². The molecule has 0 bridgehead atoms. The number of carbonyl (C=O) groups is 3. The summed E-state index contributed by atoms with van der Waals surface area (Å²) in [6.45, 7) is 7.52. The van der Waals surface area contributed by atoms with E-state index in [9.17, 15) is 24.1 Å². The zero-order valence-electron chi connectivity index (χ0n) is 24.5. The van der Waals surface area contributed by atoms with Gasteiger partial charge >= 0.3 is 26.0 Å². The topological polar surface area (TPSA) is 186 Å². The van der Waals surface area contributed by atoms with Gasteiger partial charge in [-0.15, -0.1) is 4.76 Å². The average molecular weight is 598 g/mol. The number of rotatable bonds is 22. The predicted octanol–water partition coefficient (Wildman–Crippen LogP) is 4.95. The summed E-state index contributed by atoms with van der Waals surface area (Å²) in [6.07, 6.45) is 4.04. The van der Waals surface area contributed by atoms with Crippen LogP contribution in [0, 0.1) is 5.92 Å². The molecule has 0 rings (SSSR count). The molecule has 14 nitrogen and oxygen atoms in total. The van der Waals surface area contributed by atoms with E-state index >= 15 is 0 Å². The lowest BCUT2D eigenvalue weighted by Gasteiger charge is -2.29. The number of carboxylic acid groups (broad SMARTS) is 1. The van der Waals surface area contributed by atoms with Gasteiger partial charge in [0, 0.05) is 19.9 Å². The first-order valence-electron chi connectivity index (χ1n) is 13.8. The number of carbonyl (C=O) groups excluding carboxylic acids is 2. The van der Waals surface area contributed by atoms with Gasteiger partial charge in [-0.1, -0.05) is 53.4 Å². The van der Waals surface area contributed by atoms with Crippen LogP contribution in [-0.4, -0.2) is 87.0 Å². The second kappa shape index (κ2) is 22.2. The summed E-state index contributed by atoms with van der Waals surface area (Å²) in [6, 6.07) is -1.04. The van der Waals surface area contributed by atoms with Crippen molar-refractivity contribution in [2.75, 3.05) is 46.7 Å². The Kier molecular flexibility index (Phi) is 20.7. The standard InChI is InChI=1S/C25H48N3O11P/c1-6-8-10-14-34-24(31)36-16-12-18-38-40(33,27-23(26)28(5)21(20(3)4)22(29)30)39-19-13-17-37-25(32)35-15-11-9-7-2/h20-21H,6-19H2,1-5H3,(H,29,30)(H2,26,27,33). The Morgan fingerprint density at radius 1 is 0.775 bits per heavy atom. The number of guanidine groups is 1. The van der Waals surface area contributed by atoms with Crippen LogP contribution in [0.3, 0.4) is 0 Å². The molecule has 0 amide bonds. The molecule has 40 heavy (non-hydrogen) atoms. The molecule has 0 spiro atoms. The molecule has 15 heteroatoms. The van der Waals surface area contributed by atoms with E-state index < -0.39 is 32.1 Å². The molecule has 0 radical (unpaired) electrons. The van der Waals surface area contributed by atoms with E-state index in [1.165, 1.54) is 11.9 Å². The van der Waals surface area contributed by atoms with Gasteiger partial charge in [0.1, 0.15) is 6.04 Å². The minimum absolute atomic E-state index is 0.0612. The Hall–Kier alpha value is -2.57. The van der Waals surface area contributed by atoms with Crippen LogP contribution in [0.5, 0.6) is 0 Å². The Bertz CT molecular complexity index is 773. The number of likely N-dealkylation sites (N-methyl/N-ethyl adjacent to an activating group) is 1. The second-order valence-electron chi connectivity index (χ2n) is 9.25. The van der Waals surface area contributed by atoms with Gasteiger partial charge in [-0.05, 0) is 18.8 Å². The summed E-state index contributed by atoms with van der Waals surface area (Å²) in [5.41, 5.74) is 5.96. The Morgan fingerprint density at radius 3 is 1.52 bits per heavy atom. The zero-order chi connectivity index (χ0) is 30.4. The largest absolute Gasteiger partial charge is 0.508 e. The first-order valence-corrected chi connectivity index (χ1v) is 15.3. The highest BCUT2D eigenvalue weighted by molar-refractivity contribution is 7.52. The number of ether oxygens (including phenoxy) is 4. The fourth-order valence-corrected chi connectivity index (χ4v) is 4.52. The highest BCUT2D eigenvalue weighted by Gasteiger charge is 2.31. The van der Waals surface area contributed by atoms with E-state index in [2.05, 4.69) is 4.76 Å². The summed E-state index contributed by atoms with van der Waals surface area (Å²) in [5, 5.41) is 9.53. The lowest BCUT2D eigenvalue weighted by atomic mass is 10.0. The molecule has 1 unspecified atom stereocenters. The Morgan fingerprint density at radius 2 is 1.18 bits per heavy atom. The fraction of sp³-hybridized carbons (Fsp3) is 0.840. The van der Waals surface area contributed by atoms with E-state index in [0.29, 0.717) is 0 Å². The monoisotopic (exact) mass is 597 g/mol. The van der Waals surface area contributed by atoms with Crippen LogP contribution in [-0.2, 0) is 37.4 Å². The molecule has 0 saturated heterocycles. The Balaban J connectivity index is 4.97. The van der Waals surface area contributed by atoms with Crippen LogP contribution in [0.25, 0.3) is 0 Å². The fourth-order valence-electron chi connectivity index (χ4n) is 3.22. The molecule has 0 fully saturated rings. The van der Waals surface area contributed by atoms with Crippen LogP contribution >= 0.6 is 7.75 Å². The normalized spacial score (nSPS) is 12.6. The molecule has 0 heterocycles. The SMILES string of the molecule is CCCCCOC(=O)OCCCOP(=O)(N=C(N)N(C)C(C(=O)O)C(C)C)OCCCOC(=O)OCCCCC. The third-order valence-electron chi connectivity index (χ3n) is 5.35. The van der Waals surface area contributed by atoms with Crippen molar-refractivity contribution in [3.63, 3.8) is 0 Å². The number of nitrogens with zero attached hydrogens (tertiary/aromatic N) is 2. The predicted molar refractivity (Wildman–Crippen MR) is 148 cm³/mol. The van der Waals surface area contributed by atoms with E-state index in [-0.39, 0.29) is 64.4 Å². The number of hydrogen-bond acceptors (Lipinski definition) is 10. The van der Waals surface area contributed by atoms with Gasteiger partial charge in [0.05, 0.1) is 39.6 Å². The smallest absolute Gasteiger partial charge is 0.480 e. The molecule has 0 aliphatic rings. The van der Waals surface area contributed by atoms with E-state index in [4.69, 9.17) is 33.7 Å².